The Hall–Kier alpha value is -1.04. The van der Waals surface area contributed by atoms with Crippen LogP contribution in [0.25, 0.3) is 0 Å². The standard InChI is InChI=1S/C16H21F2NO2/c17-12-5-3-4-11(16(12)18)14(20)10-19-8-9-21-15-7-2-1-6-13(15)19/h3-5,13-15,20H,1-2,6-10H2. The normalized spacial score (nSPS) is 28.1. The van der Waals surface area contributed by atoms with Crippen molar-refractivity contribution >= 4 is 0 Å². The number of halogens is 2. The van der Waals surface area contributed by atoms with Crippen LogP contribution >= 0.6 is 0 Å². The minimum absolute atomic E-state index is 0.0360. The van der Waals surface area contributed by atoms with Gasteiger partial charge in [-0.2, -0.15) is 0 Å². The molecule has 1 aliphatic carbocycles. The Morgan fingerprint density at radius 1 is 1.29 bits per heavy atom. The van der Waals surface area contributed by atoms with Crippen LogP contribution in [-0.4, -0.2) is 41.8 Å². The molecule has 0 aromatic heterocycles. The fourth-order valence-corrected chi connectivity index (χ4v) is 3.50. The van der Waals surface area contributed by atoms with Gasteiger partial charge in [-0.25, -0.2) is 8.78 Å². The summed E-state index contributed by atoms with van der Waals surface area (Å²) in [5.74, 6) is -1.86. The van der Waals surface area contributed by atoms with Gasteiger partial charge in [0.1, 0.15) is 0 Å². The van der Waals surface area contributed by atoms with Gasteiger partial charge in [-0.05, 0) is 18.9 Å². The van der Waals surface area contributed by atoms with Crippen LogP contribution in [-0.2, 0) is 4.74 Å². The molecule has 1 N–H and O–H groups in total. The molecule has 1 heterocycles. The summed E-state index contributed by atoms with van der Waals surface area (Å²) in [6.45, 7) is 1.69. The highest BCUT2D eigenvalue weighted by molar-refractivity contribution is 5.21. The zero-order valence-corrected chi connectivity index (χ0v) is 12.0. The lowest BCUT2D eigenvalue weighted by Gasteiger charge is -2.44. The van der Waals surface area contributed by atoms with Gasteiger partial charge in [0, 0.05) is 24.7 Å². The van der Waals surface area contributed by atoms with Crippen LogP contribution in [0.1, 0.15) is 37.4 Å². The van der Waals surface area contributed by atoms with Crippen molar-refractivity contribution in [3.05, 3.63) is 35.4 Å². The number of nitrogens with zero attached hydrogens (tertiary/aromatic N) is 1. The zero-order chi connectivity index (χ0) is 14.8. The van der Waals surface area contributed by atoms with Crippen molar-refractivity contribution in [1.29, 1.82) is 0 Å². The molecule has 0 spiro atoms. The quantitative estimate of drug-likeness (QED) is 0.931. The van der Waals surface area contributed by atoms with Gasteiger partial charge >= 0.3 is 0 Å². The topological polar surface area (TPSA) is 32.7 Å². The summed E-state index contributed by atoms with van der Waals surface area (Å²) in [5, 5.41) is 10.3. The van der Waals surface area contributed by atoms with Crippen LogP contribution < -0.4 is 0 Å². The molecule has 5 heteroatoms. The lowest BCUT2D eigenvalue weighted by molar-refractivity contribution is -0.0976. The second-order valence-corrected chi connectivity index (χ2v) is 5.91. The molecule has 21 heavy (non-hydrogen) atoms. The summed E-state index contributed by atoms with van der Waals surface area (Å²) in [7, 11) is 0. The van der Waals surface area contributed by atoms with Crippen LogP contribution in [0, 0.1) is 11.6 Å². The van der Waals surface area contributed by atoms with Crippen LogP contribution in [0.4, 0.5) is 8.78 Å². The van der Waals surface area contributed by atoms with E-state index in [0.29, 0.717) is 19.2 Å². The highest BCUT2D eigenvalue weighted by Gasteiger charge is 2.35. The molecular formula is C16H21F2NO2. The lowest BCUT2D eigenvalue weighted by atomic mass is 9.89. The van der Waals surface area contributed by atoms with Gasteiger partial charge in [0.05, 0.1) is 18.8 Å². The van der Waals surface area contributed by atoms with E-state index in [1.165, 1.54) is 18.6 Å². The number of hydrogen-bond donors (Lipinski definition) is 1. The number of benzene rings is 1. The van der Waals surface area contributed by atoms with Crippen LogP contribution in [0.3, 0.4) is 0 Å². The SMILES string of the molecule is OC(CN1CCOC2CCCCC21)c1cccc(F)c1F. The first-order chi connectivity index (χ1) is 10.2. The van der Waals surface area contributed by atoms with Gasteiger partial charge in [0.15, 0.2) is 11.6 Å². The van der Waals surface area contributed by atoms with E-state index in [1.807, 2.05) is 0 Å². The number of aliphatic hydroxyl groups excluding tert-OH is 1. The van der Waals surface area contributed by atoms with Crippen molar-refractivity contribution in [3.63, 3.8) is 0 Å². The van der Waals surface area contributed by atoms with Crippen LogP contribution in [0.5, 0.6) is 0 Å². The average molecular weight is 297 g/mol. The molecule has 1 saturated heterocycles. The Kier molecular flexibility index (Phi) is 4.52. The summed E-state index contributed by atoms with van der Waals surface area (Å²) in [6, 6.07) is 4.23. The summed E-state index contributed by atoms with van der Waals surface area (Å²) in [5.41, 5.74) is 0.0360. The monoisotopic (exact) mass is 297 g/mol. The molecule has 3 rings (SSSR count). The summed E-state index contributed by atoms with van der Waals surface area (Å²) in [4.78, 5) is 2.17. The maximum atomic E-state index is 13.8. The zero-order valence-electron chi connectivity index (χ0n) is 12.0. The van der Waals surface area contributed by atoms with E-state index < -0.39 is 17.7 Å². The predicted octanol–water partition coefficient (Wildman–Crippen LogP) is 2.64. The smallest absolute Gasteiger partial charge is 0.164 e. The molecule has 1 aromatic carbocycles. The predicted molar refractivity (Wildman–Crippen MR) is 74.9 cm³/mol. The third kappa shape index (κ3) is 3.10. The highest BCUT2D eigenvalue weighted by Crippen LogP contribution is 2.30. The molecule has 1 aliphatic heterocycles. The largest absolute Gasteiger partial charge is 0.387 e. The summed E-state index contributed by atoms with van der Waals surface area (Å²) >= 11 is 0. The minimum atomic E-state index is -1.01. The molecule has 2 fully saturated rings. The number of rotatable bonds is 3. The molecule has 3 nitrogen and oxygen atoms in total. The van der Waals surface area contributed by atoms with E-state index >= 15 is 0 Å². The first kappa shape index (κ1) is 14.9. The van der Waals surface area contributed by atoms with Gasteiger partial charge in [0.2, 0.25) is 0 Å². The van der Waals surface area contributed by atoms with Crippen LogP contribution in [0.15, 0.2) is 18.2 Å². The number of β-amino-alcohol motifs (C(OH)–C–C–N with tert-alkyl or cyclic N) is 1. The van der Waals surface area contributed by atoms with E-state index in [-0.39, 0.29) is 11.7 Å². The second-order valence-electron chi connectivity index (χ2n) is 5.91. The Labute approximate surface area is 123 Å². The first-order valence-corrected chi connectivity index (χ1v) is 7.64. The summed E-state index contributed by atoms with van der Waals surface area (Å²) < 4.78 is 32.8. The molecule has 116 valence electrons. The van der Waals surface area contributed by atoms with Crippen molar-refractivity contribution in [2.75, 3.05) is 19.7 Å². The lowest BCUT2D eigenvalue weighted by Crippen LogP contribution is -2.53. The molecule has 3 unspecified atom stereocenters. The maximum Gasteiger partial charge on any atom is 0.164 e. The molecule has 0 bridgehead atoms. The molecular weight excluding hydrogens is 276 g/mol. The second kappa shape index (κ2) is 6.38. The first-order valence-electron chi connectivity index (χ1n) is 7.64. The van der Waals surface area contributed by atoms with Crippen molar-refractivity contribution in [2.45, 2.75) is 43.9 Å². The number of morpholine rings is 1. The van der Waals surface area contributed by atoms with E-state index in [0.717, 1.165) is 31.9 Å². The third-order valence-corrected chi connectivity index (χ3v) is 4.60. The van der Waals surface area contributed by atoms with E-state index in [4.69, 9.17) is 4.74 Å². The molecule has 0 radical (unpaired) electrons. The van der Waals surface area contributed by atoms with Gasteiger partial charge in [0.25, 0.3) is 0 Å². The fourth-order valence-electron chi connectivity index (χ4n) is 3.50. The molecule has 2 aliphatic rings. The number of fused-ring (bicyclic) bond motifs is 1. The third-order valence-electron chi connectivity index (χ3n) is 4.60. The minimum Gasteiger partial charge on any atom is -0.387 e. The molecule has 1 aromatic rings. The van der Waals surface area contributed by atoms with Crippen molar-refractivity contribution in [1.82, 2.24) is 4.90 Å². The highest BCUT2D eigenvalue weighted by atomic mass is 19.2. The van der Waals surface area contributed by atoms with Crippen molar-refractivity contribution in [3.8, 4) is 0 Å². The number of aliphatic hydroxyl groups is 1. The van der Waals surface area contributed by atoms with Gasteiger partial charge < -0.3 is 9.84 Å². The number of hydrogen-bond acceptors (Lipinski definition) is 3. The van der Waals surface area contributed by atoms with E-state index in [1.54, 1.807) is 0 Å². The van der Waals surface area contributed by atoms with E-state index in [9.17, 15) is 13.9 Å². The molecule has 1 saturated carbocycles. The molecule has 0 amide bonds. The Bertz CT molecular complexity index is 495. The Morgan fingerprint density at radius 3 is 2.95 bits per heavy atom. The average Bonchev–Trinajstić information content (AvgIpc) is 2.50. The van der Waals surface area contributed by atoms with Gasteiger partial charge in [-0.3, -0.25) is 4.90 Å². The Balaban J connectivity index is 1.71. The number of ether oxygens (including phenoxy) is 1. The van der Waals surface area contributed by atoms with Crippen molar-refractivity contribution < 1.29 is 18.6 Å². The Morgan fingerprint density at radius 2 is 2.10 bits per heavy atom. The van der Waals surface area contributed by atoms with Gasteiger partial charge in [-0.1, -0.05) is 25.0 Å². The summed E-state index contributed by atoms with van der Waals surface area (Å²) in [6.07, 6.45) is 3.63. The van der Waals surface area contributed by atoms with Gasteiger partial charge in [-0.15, -0.1) is 0 Å². The maximum absolute atomic E-state index is 13.8. The van der Waals surface area contributed by atoms with Crippen molar-refractivity contribution in [2.24, 2.45) is 0 Å². The molecule has 3 atom stereocenters. The van der Waals surface area contributed by atoms with E-state index in [2.05, 4.69) is 4.90 Å². The fraction of sp³-hybridized carbons (Fsp3) is 0.625. The van der Waals surface area contributed by atoms with Crippen LogP contribution in [0.2, 0.25) is 0 Å².